The van der Waals surface area contributed by atoms with Crippen LogP contribution in [0.3, 0.4) is 0 Å². The summed E-state index contributed by atoms with van der Waals surface area (Å²) >= 11 is 11.3. The molecule has 16 heavy (non-hydrogen) atoms. The number of Topliss-reactive ketones (excluding diaryl/α,β-unsaturated/α-hetero) is 2. The number of halogens is 2. The van der Waals surface area contributed by atoms with E-state index < -0.39 is 5.78 Å². The zero-order valence-corrected chi connectivity index (χ0v) is 12.4. The van der Waals surface area contributed by atoms with Crippen molar-refractivity contribution in [1.82, 2.24) is 0 Å². The second kappa shape index (κ2) is 6.62. The molecule has 0 saturated heterocycles. The first-order valence-corrected chi connectivity index (χ1v) is 4.88. The van der Waals surface area contributed by atoms with Crippen molar-refractivity contribution in [1.29, 1.82) is 0 Å². The molecule has 0 fully saturated rings. The Hall–Kier alpha value is -0.0600. The molecular formula is C10H9Cl2NaO3. The minimum Gasteiger partial charge on any atom is -1.00 e. The average Bonchev–Trinajstić information content (AvgIpc) is 2.09. The fourth-order valence-corrected chi connectivity index (χ4v) is 1.40. The van der Waals surface area contributed by atoms with E-state index in [1.54, 1.807) is 0 Å². The number of carbonyl (C=O) groups is 2. The number of hydrogen-bond donors (Lipinski definition) is 1. The van der Waals surface area contributed by atoms with E-state index in [0.29, 0.717) is 0 Å². The van der Waals surface area contributed by atoms with Gasteiger partial charge in [0, 0.05) is 6.07 Å². The summed E-state index contributed by atoms with van der Waals surface area (Å²) in [6.07, 6.45) is -0.258. The van der Waals surface area contributed by atoms with E-state index in [-0.39, 0.29) is 64.5 Å². The Labute approximate surface area is 127 Å². The molecule has 0 radical (unpaired) electrons. The van der Waals surface area contributed by atoms with Crippen LogP contribution in [-0.4, -0.2) is 16.7 Å². The van der Waals surface area contributed by atoms with Gasteiger partial charge in [-0.15, -0.1) is 0 Å². The van der Waals surface area contributed by atoms with Crippen molar-refractivity contribution in [3.63, 3.8) is 0 Å². The Balaban J connectivity index is 0. The standard InChI is InChI=1S/C10H8Cl2O3.Na.H/c1-5(13)2-9(14)6-3-7(11)8(12)4-10(6)15;;/h3-4,15H,2H2,1H3;;/q;+1;-1. The SMILES string of the molecule is CC(=O)CC(=O)c1cc(Cl)c(Cl)cc1O.[H-].[Na+]. The van der Waals surface area contributed by atoms with E-state index in [1.807, 2.05) is 0 Å². The molecule has 0 aliphatic heterocycles. The molecular weight excluding hydrogens is 262 g/mol. The molecule has 6 heteroatoms. The van der Waals surface area contributed by atoms with Crippen LogP contribution in [0.4, 0.5) is 0 Å². The number of phenols is 1. The van der Waals surface area contributed by atoms with Gasteiger partial charge < -0.3 is 6.53 Å². The van der Waals surface area contributed by atoms with E-state index in [0.717, 1.165) is 0 Å². The van der Waals surface area contributed by atoms with Gasteiger partial charge >= 0.3 is 29.6 Å². The number of rotatable bonds is 3. The van der Waals surface area contributed by atoms with E-state index in [2.05, 4.69) is 0 Å². The van der Waals surface area contributed by atoms with E-state index in [4.69, 9.17) is 23.2 Å². The fraction of sp³-hybridized carbons (Fsp3) is 0.200. The number of phenolic OH excluding ortho intramolecular Hbond substituents is 1. The van der Waals surface area contributed by atoms with Gasteiger partial charge in [-0.1, -0.05) is 23.2 Å². The molecule has 0 aliphatic rings. The maximum absolute atomic E-state index is 11.5. The molecule has 0 spiro atoms. The van der Waals surface area contributed by atoms with E-state index in [9.17, 15) is 14.7 Å². The van der Waals surface area contributed by atoms with Crippen LogP contribution in [0.1, 0.15) is 25.1 Å². The summed E-state index contributed by atoms with van der Waals surface area (Å²) in [6, 6.07) is 2.43. The number of aromatic hydroxyl groups is 1. The van der Waals surface area contributed by atoms with Crippen LogP contribution >= 0.6 is 23.2 Å². The van der Waals surface area contributed by atoms with Crippen molar-refractivity contribution in [2.24, 2.45) is 0 Å². The predicted octanol–water partition coefficient (Wildman–Crippen LogP) is -0.0227. The largest absolute Gasteiger partial charge is 1.00 e. The fourth-order valence-electron chi connectivity index (χ4n) is 1.08. The molecule has 0 heterocycles. The Morgan fingerprint density at radius 2 is 1.81 bits per heavy atom. The average molecular weight is 271 g/mol. The van der Waals surface area contributed by atoms with Gasteiger partial charge in [0.2, 0.25) is 0 Å². The van der Waals surface area contributed by atoms with Gasteiger partial charge in [-0.3, -0.25) is 9.59 Å². The van der Waals surface area contributed by atoms with Gasteiger partial charge in [0.25, 0.3) is 0 Å². The number of hydrogen-bond acceptors (Lipinski definition) is 3. The molecule has 1 N–H and O–H groups in total. The molecule has 0 atom stereocenters. The zero-order chi connectivity index (χ0) is 11.6. The summed E-state index contributed by atoms with van der Waals surface area (Å²) in [4.78, 5) is 22.2. The normalized spacial score (nSPS) is 9.44. The Morgan fingerprint density at radius 3 is 2.31 bits per heavy atom. The van der Waals surface area contributed by atoms with Gasteiger partial charge in [0.15, 0.2) is 5.78 Å². The minimum absolute atomic E-state index is 0. The second-order valence-corrected chi connectivity index (χ2v) is 3.90. The molecule has 3 nitrogen and oxygen atoms in total. The van der Waals surface area contributed by atoms with Crippen LogP contribution in [0.2, 0.25) is 10.0 Å². The Kier molecular flexibility index (Phi) is 6.60. The first-order chi connectivity index (χ1) is 6.91. The summed E-state index contributed by atoms with van der Waals surface area (Å²) in [5, 5.41) is 9.75. The smallest absolute Gasteiger partial charge is 1.00 e. The predicted molar refractivity (Wildman–Crippen MR) is 58.9 cm³/mol. The molecule has 82 valence electrons. The molecule has 1 rings (SSSR count). The molecule has 0 bridgehead atoms. The molecule has 0 aliphatic carbocycles. The molecule has 0 unspecified atom stereocenters. The van der Waals surface area contributed by atoms with Crippen LogP contribution in [0.5, 0.6) is 5.75 Å². The van der Waals surface area contributed by atoms with Gasteiger partial charge in [-0.05, 0) is 13.0 Å². The summed E-state index contributed by atoms with van der Waals surface area (Å²) < 4.78 is 0. The number of carbonyl (C=O) groups excluding carboxylic acids is 2. The number of benzene rings is 1. The van der Waals surface area contributed by atoms with Gasteiger partial charge in [0.05, 0.1) is 22.0 Å². The Morgan fingerprint density at radius 1 is 1.31 bits per heavy atom. The van der Waals surface area contributed by atoms with Crippen LogP contribution < -0.4 is 29.6 Å². The van der Waals surface area contributed by atoms with Gasteiger partial charge in [0.1, 0.15) is 11.5 Å². The molecule has 0 aromatic heterocycles. The van der Waals surface area contributed by atoms with Crippen molar-refractivity contribution in [2.45, 2.75) is 13.3 Å². The van der Waals surface area contributed by atoms with Crippen molar-refractivity contribution in [2.75, 3.05) is 0 Å². The molecule has 1 aromatic rings. The maximum Gasteiger partial charge on any atom is 1.00 e. The van der Waals surface area contributed by atoms with Crippen molar-refractivity contribution in [3.8, 4) is 5.75 Å². The van der Waals surface area contributed by atoms with Crippen LogP contribution in [0.15, 0.2) is 12.1 Å². The third kappa shape index (κ3) is 4.07. The molecule has 0 amide bonds. The van der Waals surface area contributed by atoms with Crippen LogP contribution in [0.25, 0.3) is 0 Å². The molecule has 1 aromatic carbocycles. The van der Waals surface area contributed by atoms with Crippen molar-refractivity contribution < 1.29 is 45.7 Å². The van der Waals surface area contributed by atoms with Gasteiger partial charge in [-0.2, -0.15) is 0 Å². The third-order valence-electron chi connectivity index (χ3n) is 1.75. The van der Waals surface area contributed by atoms with Crippen LogP contribution in [0, 0.1) is 0 Å². The van der Waals surface area contributed by atoms with E-state index >= 15 is 0 Å². The number of ketones is 2. The summed E-state index contributed by atoms with van der Waals surface area (Å²) in [6.45, 7) is 1.30. The first-order valence-electron chi connectivity index (χ1n) is 4.12. The zero-order valence-electron chi connectivity index (χ0n) is 9.88. The summed E-state index contributed by atoms with van der Waals surface area (Å²) in [5.41, 5.74) is 0.0135. The Bertz CT molecular complexity index is 438. The van der Waals surface area contributed by atoms with Crippen LogP contribution in [-0.2, 0) is 4.79 Å². The van der Waals surface area contributed by atoms with Crippen molar-refractivity contribution >= 4 is 34.8 Å². The van der Waals surface area contributed by atoms with E-state index in [1.165, 1.54) is 19.1 Å². The summed E-state index contributed by atoms with van der Waals surface area (Å²) in [5.74, 6) is -1.01. The quantitative estimate of drug-likeness (QED) is 0.477. The third-order valence-corrected chi connectivity index (χ3v) is 2.47. The topological polar surface area (TPSA) is 54.4 Å². The first kappa shape index (κ1) is 15.9. The monoisotopic (exact) mass is 270 g/mol. The van der Waals surface area contributed by atoms with Gasteiger partial charge in [-0.25, -0.2) is 0 Å². The second-order valence-electron chi connectivity index (χ2n) is 3.09. The summed E-state index contributed by atoms with van der Waals surface area (Å²) in [7, 11) is 0. The minimum atomic E-state index is -0.474. The van der Waals surface area contributed by atoms with Crippen molar-refractivity contribution in [3.05, 3.63) is 27.7 Å². The maximum atomic E-state index is 11.5. The molecule has 0 saturated carbocycles.